The minimum Gasteiger partial charge on any atom is -0.308 e. The monoisotopic (exact) mass is 249 g/mol. The number of halogens is 1. The van der Waals surface area contributed by atoms with Crippen LogP contribution in [0.15, 0.2) is 24.7 Å². The van der Waals surface area contributed by atoms with Crippen LogP contribution in [0.3, 0.4) is 0 Å². The van der Waals surface area contributed by atoms with Crippen LogP contribution in [0.2, 0.25) is 0 Å². The lowest BCUT2D eigenvalue weighted by molar-refractivity contribution is 0.520. The van der Waals surface area contributed by atoms with Gasteiger partial charge in [0.05, 0.1) is 24.1 Å². The van der Waals surface area contributed by atoms with Crippen molar-refractivity contribution in [3.8, 4) is 0 Å². The second-order valence-electron chi connectivity index (χ2n) is 4.04. The Kier molecular flexibility index (Phi) is 3.99. The van der Waals surface area contributed by atoms with Gasteiger partial charge in [-0.2, -0.15) is 0 Å². The van der Waals surface area contributed by atoms with Crippen molar-refractivity contribution < 1.29 is 4.39 Å². The van der Waals surface area contributed by atoms with Crippen LogP contribution in [0.4, 0.5) is 4.39 Å². The number of hydrogen-bond donors (Lipinski definition) is 1. The third-order valence-corrected chi connectivity index (χ3v) is 2.73. The van der Waals surface area contributed by atoms with Crippen molar-refractivity contribution in [1.29, 1.82) is 0 Å². The summed E-state index contributed by atoms with van der Waals surface area (Å²) in [6.07, 6.45) is 5.50. The smallest absolute Gasteiger partial charge is 0.141 e. The van der Waals surface area contributed by atoms with Crippen molar-refractivity contribution in [2.75, 3.05) is 7.05 Å². The zero-order valence-corrected chi connectivity index (χ0v) is 10.5. The quantitative estimate of drug-likeness (QED) is 0.873. The lowest BCUT2D eigenvalue weighted by atomic mass is 10.1. The van der Waals surface area contributed by atoms with Gasteiger partial charge >= 0.3 is 0 Å². The maximum absolute atomic E-state index is 13.2. The summed E-state index contributed by atoms with van der Waals surface area (Å²) >= 11 is 0. The molecule has 0 aliphatic heterocycles. The average Bonchev–Trinajstić information content (AvgIpc) is 2.79. The third-order valence-electron chi connectivity index (χ3n) is 2.73. The summed E-state index contributed by atoms with van der Waals surface area (Å²) < 4.78 is 15.1. The molecule has 0 radical (unpaired) electrons. The normalized spacial score (nSPS) is 12.6. The largest absolute Gasteiger partial charge is 0.308 e. The number of nitrogens with one attached hydrogen (secondary N) is 1. The molecule has 1 N–H and O–H groups in total. The molecule has 0 aromatic carbocycles. The van der Waals surface area contributed by atoms with Crippen molar-refractivity contribution in [2.24, 2.45) is 0 Å². The molecule has 1 unspecified atom stereocenters. The molecule has 0 aliphatic rings. The van der Waals surface area contributed by atoms with Crippen molar-refractivity contribution >= 4 is 0 Å². The molecule has 5 nitrogen and oxygen atoms in total. The van der Waals surface area contributed by atoms with E-state index >= 15 is 0 Å². The fourth-order valence-electron chi connectivity index (χ4n) is 1.95. The van der Waals surface area contributed by atoms with Crippen LogP contribution in [0.25, 0.3) is 0 Å². The molecule has 0 saturated carbocycles. The molecule has 0 saturated heterocycles. The van der Waals surface area contributed by atoms with E-state index in [0.717, 1.165) is 24.2 Å². The highest BCUT2D eigenvalue weighted by Crippen LogP contribution is 2.20. The van der Waals surface area contributed by atoms with E-state index in [4.69, 9.17) is 0 Å². The molecule has 0 spiro atoms. The zero-order valence-electron chi connectivity index (χ0n) is 10.5. The number of pyridine rings is 1. The Hall–Kier alpha value is -1.82. The van der Waals surface area contributed by atoms with Gasteiger partial charge in [-0.15, -0.1) is 5.10 Å². The van der Waals surface area contributed by atoms with Crippen molar-refractivity contribution in [3.05, 3.63) is 41.7 Å². The Labute approximate surface area is 105 Å². The van der Waals surface area contributed by atoms with Crippen LogP contribution < -0.4 is 5.32 Å². The van der Waals surface area contributed by atoms with Gasteiger partial charge in [-0.1, -0.05) is 12.1 Å². The molecule has 0 amide bonds. The number of aryl methyl sites for hydroxylation is 1. The first kappa shape index (κ1) is 12.6. The predicted molar refractivity (Wildman–Crippen MR) is 65.4 cm³/mol. The Morgan fingerprint density at radius 1 is 1.39 bits per heavy atom. The first-order valence-corrected chi connectivity index (χ1v) is 5.92. The van der Waals surface area contributed by atoms with Crippen LogP contribution in [-0.2, 0) is 6.54 Å². The van der Waals surface area contributed by atoms with E-state index in [0.29, 0.717) is 0 Å². The lowest BCUT2D eigenvalue weighted by Gasteiger charge is -2.17. The second kappa shape index (κ2) is 5.68. The summed E-state index contributed by atoms with van der Waals surface area (Å²) in [5.74, 6) is -0.345. The molecule has 2 aromatic heterocycles. The standard InChI is InChI=1S/C12H16FN5/c1-3-4-18-11(8-16-17-18)12(14-2)9-5-10(13)7-15-6-9/h5-8,12,14H,3-4H2,1-2H3. The molecule has 0 fully saturated rings. The number of nitrogens with zero attached hydrogens (tertiary/aromatic N) is 4. The Morgan fingerprint density at radius 2 is 2.22 bits per heavy atom. The maximum atomic E-state index is 13.2. The molecular formula is C12H16FN5. The summed E-state index contributed by atoms with van der Waals surface area (Å²) in [5.41, 5.74) is 1.67. The molecule has 1 atom stereocenters. The summed E-state index contributed by atoms with van der Waals surface area (Å²) in [6, 6.07) is 1.31. The highest BCUT2D eigenvalue weighted by Gasteiger charge is 2.18. The van der Waals surface area contributed by atoms with Gasteiger partial charge in [0.1, 0.15) is 5.82 Å². The van der Waals surface area contributed by atoms with E-state index < -0.39 is 0 Å². The van der Waals surface area contributed by atoms with Crippen molar-refractivity contribution in [2.45, 2.75) is 25.9 Å². The predicted octanol–water partition coefficient (Wildman–Crippen LogP) is 1.53. The van der Waals surface area contributed by atoms with Gasteiger partial charge in [-0.05, 0) is 25.1 Å². The van der Waals surface area contributed by atoms with Gasteiger partial charge in [0.2, 0.25) is 0 Å². The highest BCUT2D eigenvalue weighted by atomic mass is 19.1. The van der Waals surface area contributed by atoms with Gasteiger partial charge in [-0.25, -0.2) is 9.07 Å². The van der Waals surface area contributed by atoms with Crippen molar-refractivity contribution in [1.82, 2.24) is 25.3 Å². The molecule has 2 aromatic rings. The van der Waals surface area contributed by atoms with Crippen LogP contribution in [-0.4, -0.2) is 27.0 Å². The Bertz CT molecular complexity index is 511. The maximum Gasteiger partial charge on any atom is 0.141 e. The van der Waals surface area contributed by atoms with E-state index in [2.05, 4.69) is 27.5 Å². The summed E-state index contributed by atoms with van der Waals surface area (Å²) in [6.45, 7) is 2.86. The molecule has 0 bridgehead atoms. The fourth-order valence-corrected chi connectivity index (χ4v) is 1.95. The molecule has 0 aliphatic carbocycles. The first-order chi connectivity index (χ1) is 8.76. The van der Waals surface area contributed by atoms with Crippen molar-refractivity contribution in [3.63, 3.8) is 0 Å². The molecule has 2 heterocycles. The van der Waals surface area contributed by atoms with Gasteiger partial charge in [0, 0.05) is 12.7 Å². The molecular weight excluding hydrogens is 233 g/mol. The number of rotatable bonds is 5. The topological polar surface area (TPSA) is 55.6 Å². The van der Waals surface area contributed by atoms with Crippen LogP contribution in [0.5, 0.6) is 0 Å². The van der Waals surface area contributed by atoms with E-state index in [1.54, 1.807) is 12.4 Å². The van der Waals surface area contributed by atoms with Gasteiger partial charge in [0.15, 0.2) is 0 Å². The number of hydrogen-bond acceptors (Lipinski definition) is 4. The summed E-state index contributed by atoms with van der Waals surface area (Å²) in [4.78, 5) is 3.87. The van der Waals surface area contributed by atoms with Gasteiger partial charge in [0.25, 0.3) is 0 Å². The van der Waals surface area contributed by atoms with E-state index in [1.807, 2.05) is 11.7 Å². The summed E-state index contributed by atoms with van der Waals surface area (Å²) in [5, 5.41) is 11.1. The highest BCUT2D eigenvalue weighted by molar-refractivity contribution is 5.24. The molecule has 18 heavy (non-hydrogen) atoms. The summed E-state index contributed by atoms with van der Waals surface area (Å²) in [7, 11) is 1.82. The average molecular weight is 249 g/mol. The van der Waals surface area contributed by atoms with Gasteiger partial charge in [-0.3, -0.25) is 4.98 Å². The van der Waals surface area contributed by atoms with E-state index in [9.17, 15) is 4.39 Å². The van der Waals surface area contributed by atoms with Crippen LogP contribution >= 0.6 is 0 Å². The third kappa shape index (κ3) is 2.53. The Morgan fingerprint density at radius 3 is 2.89 bits per heavy atom. The molecule has 2 rings (SSSR count). The van der Waals surface area contributed by atoms with E-state index in [1.165, 1.54) is 12.3 Å². The van der Waals surface area contributed by atoms with E-state index in [-0.39, 0.29) is 11.9 Å². The minimum atomic E-state index is -0.345. The van der Waals surface area contributed by atoms with Crippen LogP contribution in [0.1, 0.15) is 30.6 Å². The zero-order chi connectivity index (χ0) is 13.0. The molecule has 6 heteroatoms. The van der Waals surface area contributed by atoms with Gasteiger partial charge < -0.3 is 5.32 Å². The lowest BCUT2D eigenvalue weighted by Crippen LogP contribution is -2.22. The van der Waals surface area contributed by atoms with Crippen LogP contribution in [0, 0.1) is 5.82 Å². The minimum absolute atomic E-state index is 0.158. The Balaban J connectivity index is 2.36. The first-order valence-electron chi connectivity index (χ1n) is 5.92. The second-order valence-corrected chi connectivity index (χ2v) is 4.04. The number of aromatic nitrogens is 4. The molecule has 96 valence electrons. The SMILES string of the molecule is CCCn1nncc1C(NC)c1cncc(F)c1. The fraction of sp³-hybridized carbons (Fsp3) is 0.417.